The lowest BCUT2D eigenvalue weighted by molar-refractivity contribution is -0.161. The number of carbonyl (C=O) groups excluding carboxylic acids is 2. The number of carbonyl (C=O) groups is 2. The molecule has 3 aliphatic carbocycles. The number of rotatable bonds is 2. The van der Waals surface area contributed by atoms with E-state index in [1.165, 1.54) is 6.26 Å². The van der Waals surface area contributed by atoms with Gasteiger partial charge in [0.05, 0.1) is 23.2 Å². The van der Waals surface area contributed by atoms with Gasteiger partial charge in [0.1, 0.15) is 6.10 Å². The Labute approximate surface area is 134 Å². The number of esters is 2. The molecule has 120 valence electrons. The van der Waals surface area contributed by atoms with Gasteiger partial charge in [-0.3, -0.25) is 4.79 Å². The van der Waals surface area contributed by atoms with Crippen LogP contribution in [0.25, 0.3) is 0 Å². The molecule has 5 nitrogen and oxygen atoms in total. The molecule has 5 aliphatic rings. The van der Waals surface area contributed by atoms with Crippen LogP contribution in [-0.2, 0) is 23.8 Å². The lowest BCUT2D eigenvalue weighted by Gasteiger charge is -2.28. The van der Waals surface area contributed by atoms with Gasteiger partial charge in [0.25, 0.3) is 0 Å². The zero-order valence-electron chi connectivity index (χ0n) is 12.8. The lowest BCUT2D eigenvalue weighted by Crippen LogP contribution is -2.35. The van der Waals surface area contributed by atoms with E-state index in [0.717, 1.165) is 12.8 Å². The van der Waals surface area contributed by atoms with Gasteiger partial charge in [-0.25, -0.2) is 4.79 Å². The highest BCUT2D eigenvalue weighted by atomic mass is 16.7. The lowest BCUT2D eigenvalue weighted by atomic mass is 9.71. The van der Waals surface area contributed by atoms with Gasteiger partial charge in [-0.2, -0.15) is 0 Å². The maximum absolute atomic E-state index is 12.4. The molecule has 0 unspecified atom stereocenters. The molecular weight excluding hydrogens is 296 g/mol. The van der Waals surface area contributed by atoms with Crippen molar-refractivity contribution in [2.75, 3.05) is 0 Å². The Morgan fingerprint density at radius 3 is 3.00 bits per heavy atom. The third-order valence-corrected chi connectivity index (χ3v) is 6.29. The summed E-state index contributed by atoms with van der Waals surface area (Å²) in [6.07, 6.45) is 10.8. The van der Waals surface area contributed by atoms with Crippen molar-refractivity contribution in [3.8, 4) is 0 Å². The Bertz CT molecular complexity index is 690. The predicted octanol–water partition coefficient (Wildman–Crippen LogP) is 2.10. The van der Waals surface area contributed by atoms with E-state index in [2.05, 4.69) is 12.2 Å². The van der Waals surface area contributed by atoms with Gasteiger partial charge in [0.15, 0.2) is 0 Å². The van der Waals surface area contributed by atoms with Crippen molar-refractivity contribution in [1.29, 1.82) is 0 Å². The summed E-state index contributed by atoms with van der Waals surface area (Å²) in [5, 5.41) is 0. The first-order valence-corrected chi connectivity index (χ1v) is 8.21. The molecule has 7 atom stereocenters. The van der Waals surface area contributed by atoms with Crippen molar-refractivity contribution < 1.29 is 23.8 Å². The van der Waals surface area contributed by atoms with Crippen molar-refractivity contribution in [3.05, 3.63) is 36.1 Å². The van der Waals surface area contributed by atoms with E-state index < -0.39 is 11.7 Å². The van der Waals surface area contributed by atoms with E-state index in [1.807, 2.05) is 19.1 Å². The Hall–Kier alpha value is -2.04. The van der Waals surface area contributed by atoms with Crippen LogP contribution >= 0.6 is 0 Å². The van der Waals surface area contributed by atoms with Crippen molar-refractivity contribution in [3.63, 3.8) is 0 Å². The zero-order valence-corrected chi connectivity index (χ0v) is 12.8. The molecule has 0 N–H and O–H groups in total. The Balaban J connectivity index is 1.41. The highest BCUT2D eigenvalue weighted by Gasteiger charge is 2.66. The molecule has 0 amide bonds. The van der Waals surface area contributed by atoms with Crippen LogP contribution < -0.4 is 0 Å². The molecule has 2 aliphatic heterocycles. The highest BCUT2D eigenvalue weighted by molar-refractivity contribution is 5.92. The van der Waals surface area contributed by atoms with Crippen LogP contribution in [0, 0.1) is 29.1 Å². The summed E-state index contributed by atoms with van der Waals surface area (Å²) in [6.45, 7) is 1.98. The molecule has 0 aromatic heterocycles. The van der Waals surface area contributed by atoms with Gasteiger partial charge >= 0.3 is 11.9 Å². The van der Waals surface area contributed by atoms with Crippen LogP contribution in [0.1, 0.15) is 19.8 Å². The summed E-state index contributed by atoms with van der Waals surface area (Å²) in [5.41, 5.74) is 0.0290. The van der Waals surface area contributed by atoms with E-state index in [9.17, 15) is 9.59 Å². The molecule has 0 spiro atoms. The van der Waals surface area contributed by atoms with Crippen LogP contribution in [0.2, 0.25) is 0 Å². The Kier molecular flexibility index (Phi) is 2.49. The third-order valence-electron chi connectivity index (χ3n) is 6.29. The summed E-state index contributed by atoms with van der Waals surface area (Å²) in [6, 6.07) is 0. The quantitative estimate of drug-likeness (QED) is 0.338. The summed E-state index contributed by atoms with van der Waals surface area (Å²) in [7, 11) is 0. The second-order valence-electron chi connectivity index (χ2n) is 7.32. The van der Waals surface area contributed by atoms with Crippen LogP contribution in [0.3, 0.4) is 0 Å². The molecular formula is C18H18O5. The van der Waals surface area contributed by atoms with E-state index in [4.69, 9.17) is 14.2 Å². The van der Waals surface area contributed by atoms with Crippen LogP contribution in [0.15, 0.2) is 36.1 Å². The fraction of sp³-hybridized carbons (Fsp3) is 0.556. The standard InChI is InChI=1S/C18H18O5/c1-18-10-6-5-9(7-10)14(18)16(23-17(18)20)21-8-12-11-3-2-4-13(11)22-15(12)19/h2-3,5-6,8-11,13-14,16H,4,7H2,1H3/b12-8+/t9-,10+,11-,13-,14+,16-,18+/m1/s1. The van der Waals surface area contributed by atoms with E-state index in [-0.39, 0.29) is 35.8 Å². The topological polar surface area (TPSA) is 61.8 Å². The van der Waals surface area contributed by atoms with Gasteiger partial charge in [-0.15, -0.1) is 0 Å². The number of hydrogen-bond acceptors (Lipinski definition) is 5. The predicted molar refractivity (Wildman–Crippen MR) is 78.5 cm³/mol. The van der Waals surface area contributed by atoms with E-state index in [1.54, 1.807) is 0 Å². The van der Waals surface area contributed by atoms with Crippen molar-refractivity contribution in [2.45, 2.75) is 32.2 Å². The third kappa shape index (κ3) is 1.57. The zero-order chi connectivity index (χ0) is 15.8. The second kappa shape index (κ2) is 4.28. The molecule has 1 saturated carbocycles. The van der Waals surface area contributed by atoms with E-state index >= 15 is 0 Å². The molecule has 0 aromatic carbocycles. The normalized spacial score (nSPS) is 50.4. The van der Waals surface area contributed by atoms with Crippen molar-refractivity contribution in [2.24, 2.45) is 29.1 Å². The molecule has 3 fully saturated rings. The molecule has 0 aromatic rings. The number of hydrogen-bond donors (Lipinski definition) is 0. The van der Waals surface area contributed by atoms with Crippen molar-refractivity contribution >= 4 is 11.9 Å². The van der Waals surface area contributed by atoms with Crippen LogP contribution in [-0.4, -0.2) is 24.3 Å². The summed E-state index contributed by atoms with van der Waals surface area (Å²) < 4.78 is 16.6. The number of ether oxygens (including phenoxy) is 3. The minimum absolute atomic E-state index is 0.0224. The molecule has 23 heavy (non-hydrogen) atoms. The molecule has 5 rings (SSSR count). The molecule has 2 heterocycles. The number of cyclic esters (lactones) is 1. The molecule has 0 radical (unpaired) electrons. The van der Waals surface area contributed by atoms with Crippen molar-refractivity contribution in [1.82, 2.24) is 0 Å². The van der Waals surface area contributed by atoms with Crippen LogP contribution in [0.5, 0.6) is 0 Å². The summed E-state index contributed by atoms with van der Waals surface area (Å²) in [4.78, 5) is 24.3. The summed E-state index contributed by atoms with van der Waals surface area (Å²) >= 11 is 0. The van der Waals surface area contributed by atoms with E-state index in [0.29, 0.717) is 11.5 Å². The van der Waals surface area contributed by atoms with Gasteiger partial charge in [-0.1, -0.05) is 24.3 Å². The minimum Gasteiger partial charge on any atom is -0.461 e. The first-order chi connectivity index (χ1) is 11.1. The average Bonchev–Trinajstić information content (AvgIpc) is 3.26. The smallest absolute Gasteiger partial charge is 0.338 e. The highest BCUT2D eigenvalue weighted by Crippen LogP contribution is 2.61. The maximum Gasteiger partial charge on any atom is 0.338 e. The largest absolute Gasteiger partial charge is 0.461 e. The van der Waals surface area contributed by atoms with Gasteiger partial charge < -0.3 is 14.2 Å². The van der Waals surface area contributed by atoms with Gasteiger partial charge in [0.2, 0.25) is 6.29 Å². The molecule has 2 saturated heterocycles. The number of fused-ring (bicyclic) bond motifs is 6. The second-order valence-corrected chi connectivity index (χ2v) is 7.32. The molecule has 5 heteroatoms. The average molecular weight is 314 g/mol. The summed E-state index contributed by atoms with van der Waals surface area (Å²) in [5.74, 6) is 0.0270. The fourth-order valence-corrected chi connectivity index (χ4v) is 4.98. The Morgan fingerprint density at radius 2 is 2.13 bits per heavy atom. The van der Waals surface area contributed by atoms with Crippen LogP contribution in [0.4, 0.5) is 0 Å². The van der Waals surface area contributed by atoms with Gasteiger partial charge in [-0.05, 0) is 25.2 Å². The fourth-order valence-electron chi connectivity index (χ4n) is 4.98. The maximum atomic E-state index is 12.4. The molecule has 2 bridgehead atoms. The SMILES string of the molecule is C[C@@]12C(=O)O[C@@H](O/C=C3/C(=O)O[C@@H]4CC=C[C@H]34)[C@@H]1[C@@H]1C=C[C@H]2C1. The first kappa shape index (κ1) is 13.4. The number of allylic oxidation sites excluding steroid dienone is 2. The Morgan fingerprint density at radius 1 is 1.26 bits per heavy atom. The van der Waals surface area contributed by atoms with Gasteiger partial charge in [0, 0.05) is 12.3 Å². The monoisotopic (exact) mass is 314 g/mol. The first-order valence-electron chi connectivity index (χ1n) is 8.21. The minimum atomic E-state index is -0.614.